The standard InChI is InChI=1S/C20H20ClFN2/c21-18-17-15(6-5-12-11-16(12)17)20(24-9-7-23-8-10-24)14-4-2-1-3-13(14)19(18)22/h1-6,18-20,23H,7-11H2. The summed E-state index contributed by atoms with van der Waals surface area (Å²) in [6.45, 7) is 3.89. The molecule has 1 saturated heterocycles. The Morgan fingerprint density at radius 3 is 2.54 bits per heavy atom. The minimum absolute atomic E-state index is 0.103. The van der Waals surface area contributed by atoms with Crippen LogP contribution in [0.25, 0.3) is 0 Å². The summed E-state index contributed by atoms with van der Waals surface area (Å²) in [4.78, 5) is 2.48. The molecule has 0 spiro atoms. The molecule has 2 aliphatic carbocycles. The summed E-state index contributed by atoms with van der Waals surface area (Å²) in [5.41, 5.74) is 6.71. The van der Waals surface area contributed by atoms with Crippen molar-refractivity contribution < 1.29 is 4.39 Å². The van der Waals surface area contributed by atoms with Crippen LogP contribution in [-0.4, -0.2) is 31.1 Å². The van der Waals surface area contributed by atoms with Crippen LogP contribution in [0.15, 0.2) is 36.4 Å². The van der Waals surface area contributed by atoms with E-state index in [1.165, 1.54) is 16.7 Å². The lowest BCUT2D eigenvalue weighted by Gasteiger charge is -2.36. The monoisotopic (exact) mass is 342 g/mol. The molecule has 5 rings (SSSR count). The van der Waals surface area contributed by atoms with Crippen LogP contribution in [0.5, 0.6) is 0 Å². The van der Waals surface area contributed by atoms with E-state index in [1.54, 1.807) is 0 Å². The molecule has 1 fully saturated rings. The highest BCUT2D eigenvalue weighted by Crippen LogP contribution is 2.53. The third-order valence-corrected chi connectivity index (χ3v) is 6.10. The Labute approximate surface area is 146 Å². The molecule has 2 aromatic rings. The molecule has 1 heterocycles. The summed E-state index contributed by atoms with van der Waals surface area (Å²) in [6, 6.07) is 12.4. The lowest BCUT2D eigenvalue weighted by atomic mass is 9.92. The van der Waals surface area contributed by atoms with Gasteiger partial charge in [0.15, 0.2) is 0 Å². The summed E-state index contributed by atoms with van der Waals surface area (Å²) in [5.74, 6) is 0. The number of nitrogens with one attached hydrogen (secondary N) is 1. The summed E-state index contributed by atoms with van der Waals surface area (Å²) in [6.07, 6.45) is -0.183. The molecule has 3 unspecified atom stereocenters. The number of alkyl halides is 2. The largest absolute Gasteiger partial charge is 0.314 e. The molecule has 124 valence electrons. The molecule has 2 nitrogen and oxygen atoms in total. The highest BCUT2D eigenvalue weighted by molar-refractivity contribution is 6.21. The average Bonchev–Trinajstić information content (AvgIpc) is 3.42. The first-order valence-corrected chi connectivity index (χ1v) is 9.15. The molecule has 0 amide bonds. The molecule has 0 bridgehead atoms. The van der Waals surface area contributed by atoms with Gasteiger partial charge in [0.1, 0.15) is 6.17 Å². The van der Waals surface area contributed by atoms with Gasteiger partial charge >= 0.3 is 0 Å². The van der Waals surface area contributed by atoms with Gasteiger partial charge in [-0.25, -0.2) is 4.39 Å². The van der Waals surface area contributed by atoms with Crippen molar-refractivity contribution in [1.29, 1.82) is 0 Å². The van der Waals surface area contributed by atoms with Crippen molar-refractivity contribution in [3.8, 4) is 0 Å². The number of benzene rings is 2. The van der Waals surface area contributed by atoms with Crippen molar-refractivity contribution in [3.63, 3.8) is 0 Å². The second-order valence-electron chi connectivity index (χ2n) is 7.00. The Bertz CT molecular complexity index is 800. The van der Waals surface area contributed by atoms with Crippen molar-refractivity contribution in [2.75, 3.05) is 26.2 Å². The highest BCUT2D eigenvalue weighted by Gasteiger charge is 2.41. The van der Waals surface area contributed by atoms with Crippen molar-refractivity contribution >= 4 is 11.6 Å². The third kappa shape index (κ3) is 2.15. The molecule has 0 radical (unpaired) electrons. The SMILES string of the molecule is FC1c2ccccc2C(N2CCNCC2)c2ccc3c(c2C1Cl)C3. The van der Waals surface area contributed by atoms with E-state index >= 15 is 4.39 Å². The first-order valence-electron chi connectivity index (χ1n) is 8.72. The van der Waals surface area contributed by atoms with Crippen LogP contribution < -0.4 is 5.32 Å². The van der Waals surface area contributed by atoms with Crippen molar-refractivity contribution in [2.24, 2.45) is 0 Å². The van der Waals surface area contributed by atoms with Gasteiger partial charge in [0, 0.05) is 26.2 Å². The lowest BCUT2D eigenvalue weighted by Crippen LogP contribution is -2.45. The zero-order chi connectivity index (χ0) is 16.3. The van der Waals surface area contributed by atoms with Crippen LogP contribution in [0, 0.1) is 0 Å². The van der Waals surface area contributed by atoms with Gasteiger partial charge in [-0.15, -0.1) is 11.6 Å². The fraction of sp³-hybridized carbons (Fsp3) is 0.400. The average molecular weight is 343 g/mol. The topological polar surface area (TPSA) is 15.3 Å². The first kappa shape index (κ1) is 14.9. The summed E-state index contributed by atoms with van der Waals surface area (Å²) >= 11 is 6.67. The molecule has 0 saturated carbocycles. The summed E-state index contributed by atoms with van der Waals surface area (Å²) < 4.78 is 15.3. The van der Waals surface area contributed by atoms with E-state index in [9.17, 15) is 0 Å². The van der Waals surface area contributed by atoms with Crippen LogP contribution in [0.2, 0.25) is 0 Å². The smallest absolute Gasteiger partial charge is 0.146 e. The van der Waals surface area contributed by atoms with Crippen molar-refractivity contribution in [2.45, 2.75) is 24.0 Å². The number of hydrogen-bond donors (Lipinski definition) is 1. The number of rotatable bonds is 1. The van der Waals surface area contributed by atoms with Gasteiger partial charge in [-0.3, -0.25) is 4.90 Å². The van der Waals surface area contributed by atoms with Crippen LogP contribution in [0.3, 0.4) is 0 Å². The van der Waals surface area contributed by atoms with Crippen LogP contribution in [-0.2, 0) is 6.42 Å². The normalized spacial score (nSPS) is 28.5. The van der Waals surface area contributed by atoms with Gasteiger partial charge in [0.2, 0.25) is 0 Å². The molecule has 0 aromatic heterocycles. The van der Waals surface area contributed by atoms with E-state index in [0.717, 1.165) is 49.3 Å². The number of fused-ring (bicyclic) bond motifs is 4. The maximum Gasteiger partial charge on any atom is 0.146 e. The molecule has 2 aromatic carbocycles. The van der Waals surface area contributed by atoms with E-state index in [-0.39, 0.29) is 6.04 Å². The number of hydrogen-bond acceptors (Lipinski definition) is 2. The van der Waals surface area contributed by atoms with Gasteiger partial charge < -0.3 is 5.32 Å². The van der Waals surface area contributed by atoms with Crippen LogP contribution >= 0.6 is 11.6 Å². The number of nitrogens with zero attached hydrogens (tertiary/aromatic N) is 1. The van der Waals surface area contributed by atoms with Crippen LogP contribution in [0.4, 0.5) is 4.39 Å². The second-order valence-corrected chi connectivity index (χ2v) is 7.47. The molecule has 3 aliphatic rings. The predicted molar refractivity (Wildman–Crippen MR) is 94.4 cm³/mol. The summed E-state index contributed by atoms with van der Waals surface area (Å²) in [7, 11) is 0. The summed E-state index contributed by atoms with van der Waals surface area (Å²) in [5, 5.41) is 2.82. The van der Waals surface area contributed by atoms with Crippen molar-refractivity contribution in [1.82, 2.24) is 10.2 Å². The number of piperazine rings is 1. The zero-order valence-electron chi connectivity index (χ0n) is 13.4. The number of halogens is 2. The Morgan fingerprint density at radius 2 is 1.75 bits per heavy atom. The maximum absolute atomic E-state index is 15.3. The Hall–Kier alpha value is -1.42. The maximum atomic E-state index is 15.3. The van der Waals surface area contributed by atoms with Gasteiger partial charge in [-0.2, -0.15) is 0 Å². The molecular weight excluding hydrogens is 323 g/mol. The van der Waals surface area contributed by atoms with Gasteiger partial charge in [0.05, 0.1) is 11.4 Å². The second kappa shape index (κ2) is 5.55. The van der Waals surface area contributed by atoms with E-state index in [2.05, 4.69) is 28.4 Å². The quantitative estimate of drug-likeness (QED) is 0.675. The molecule has 4 heteroatoms. The minimum Gasteiger partial charge on any atom is -0.314 e. The fourth-order valence-corrected chi connectivity index (χ4v) is 4.80. The van der Waals surface area contributed by atoms with E-state index in [4.69, 9.17) is 11.6 Å². The van der Waals surface area contributed by atoms with E-state index in [1.807, 2.05) is 18.2 Å². The molecule has 1 aliphatic heterocycles. The van der Waals surface area contributed by atoms with Crippen molar-refractivity contribution in [3.05, 3.63) is 69.8 Å². The zero-order valence-corrected chi connectivity index (χ0v) is 14.2. The fourth-order valence-electron chi connectivity index (χ4n) is 4.41. The Balaban J connectivity index is 1.74. The first-order chi connectivity index (χ1) is 11.8. The van der Waals surface area contributed by atoms with Gasteiger partial charge in [-0.05, 0) is 39.8 Å². The van der Waals surface area contributed by atoms with Crippen LogP contribution in [0.1, 0.15) is 51.0 Å². The van der Waals surface area contributed by atoms with E-state index < -0.39 is 11.5 Å². The third-order valence-electron chi connectivity index (χ3n) is 5.66. The molecule has 3 atom stereocenters. The Morgan fingerprint density at radius 1 is 1.00 bits per heavy atom. The highest BCUT2D eigenvalue weighted by atomic mass is 35.5. The predicted octanol–water partition coefficient (Wildman–Crippen LogP) is 3.89. The van der Waals surface area contributed by atoms with E-state index in [0.29, 0.717) is 0 Å². The Kier molecular flexibility index (Phi) is 3.44. The lowest BCUT2D eigenvalue weighted by molar-refractivity contribution is 0.197. The molecule has 24 heavy (non-hydrogen) atoms. The molecule has 1 N–H and O–H groups in total. The van der Waals surface area contributed by atoms with Gasteiger partial charge in [0.25, 0.3) is 0 Å². The van der Waals surface area contributed by atoms with Gasteiger partial charge in [-0.1, -0.05) is 36.4 Å². The molecular formula is C20H20ClFN2. The minimum atomic E-state index is -1.15.